The molecule has 0 aliphatic heterocycles. The smallest absolute Gasteiger partial charge is 0.0205 e. The molecule has 1 aromatic carbocycles. The molecule has 0 unspecified atom stereocenters. The number of benzene rings is 1. The van der Waals surface area contributed by atoms with E-state index < -0.39 is 0 Å². The van der Waals surface area contributed by atoms with Crippen LogP contribution >= 0.6 is 0 Å². The number of unbranched alkanes of at least 4 members (excludes halogenated alkanes) is 5. The van der Waals surface area contributed by atoms with E-state index in [9.17, 15) is 0 Å². The lowest BCUT2D eigenvalue weighted by Gasteiger charge is -2.07. The van der Waals surface area contributed by atoms with Gasteiger partial charge >= 0.3 is 0 Å². The number of aryl methyl sites for hydroxylation is 2. The molecule has 1 aromatic rings. The van der Waals surface area contributed by atoms with Crippen LogP contribution in [0.15, 0.2) is 18.2 Å². The van der Waals surface area contributed by atoms with E-state index in [2.05, 4.69) is 44.3 Å². The molecule has 0 saturated heterocycles. The van der Waals surface area contributed by atoms with Crippen molar-refractivity contribution in [2.45, 2.75) is 65.8 Å². The zero-order chi connectivity index (χ0) is 13.2. The molecule has 1 heteroatoms. The molecule has 0 fully saturated rings. The Balaban J connectivity index is 2.07. The fraction of sp³-hybridized carbons (Fsp3) is 0.647. The zero-order valence-electron chi connectivity index (χ0n) is 12.4. The van der Waals surface area contributed by atoms with Crippen LogP contribution in [0.25, 0.3) is 0 Å². The van der Waals surface area contributed by atoms with Crippen molar-refractivity contribution in [2.24, 2.45) is 0 Å². The normalized spacial score (nSPS) is 10.8. The maximum atomic E-state index is 3.55. The van der Waals surface area contributed by atoms with Gasteiger partial charge in [-0.2, -0.15) is 0 Å². The second-order valence-electron chi connectivity index (χ2n) is 5.44. The van der Waals surface area contributed by atoms with Crippen LogP contribution in [0.2, 0.25) is 0 Å². The first-order chi connectivity index (χ1) is 8.72. The lowest BCUT2D eigenvalue weighted by atomic mass is 10.1. The second kappa shape index (κ2) is 9.16. The Morgan fingerprint density at radius 2 is 1.44 bits per heavy atom. The van der Waals surface area contributed by atoms with E-state index in [1.807, 2.05) is 0 Å². The molecule has 1 nitrogen and oxygen atoms in total. The molecule has 0 bridgehead atoms. The van der Waals surface area contributed by atoms with Crippen molar-refractivity contribution < 1.29 is 0 Å². The molecule has 0 aromatic heterocycles. The minimum Gasteiger partial charge on any atom is -0.313 e. The fourth-order valence-corrected chi connectivity index (χ4v) is 2.43. The molecule has 0 heterocycles. The van der Waals surface area contributed by atoms with Gasteiger partial charge in [0.25, 0.3) is 0 Å². The molecular formula is C17H29N. The summed E-state index contributed by atoms with van der Waals surface area (Å²) in [5.41, 5.74) is 4.15. The van der Waals surface area contributed by atoms with Crippen LogP contribution in [0.3, 0.4) is 0 Å². The third kappa shape index (κ3) is 6.80. The Morgan fingerprint density at radius 3 is 2.11 bits per heavy atom. The highest BCUT2D eigenvalue weighted by molar-refractivity contribution is 5.28. The average Bonchev–Trinajstić information content (AvgIpc) is 2.31. The zero-order valence-corrected chi connectivity index (χ0v) is 12.4. The van der Waals surface area contributed by atoms with Crippen LogP contribution in [0.4, 0.5) is 0 Å². The van der Waals surface area contributed by atoms with Crippen molar-refractivity contribution >= 4 is 0 Å². The Kier molecular flexibility index (Phi) is 7.75. The Morgan fingerprint density at radius 1 is 0.833 bits per heavy atom. The molecular weight excluding hydrogens is 218 g/mol. The summed E-state index contributed by atoms with van der Waals surface area (Å²) in [6.07, 6.45) is 8.24. The van der Waals surface area contributed by atoms with Crippen LogP contribution in [0.1, 0.15) is 62.1 Å². The van der Waals surface area contributed by atoms with E-state index in [1.165, 1.54) is 55.2 Å². The standard InChI is InChI=1S/C17H29N/c1-4-5-6-7-8-9-10-18-14-17-12-15(2)11-16(3)13-17/h11-13,18H,4-10,14H2,1-3H3. The van der Waals surface area contributed by atoms with Crippen LogP contribution in [0.5, 0.6) is 0 Å². The Labute approximate surface area is 113 Å². The average molecular weight is 247 g/mol. The predicted octanol–water partition coefficient (Wildman–Crippen LogP) is 4.75. The lowest BCUT2D eigenvalue weighted by molar-refractivity contribution is 0.572. The van der Waals surface area contributed by atoms with E-state index >= 15 is 0 Å². The third-order valence-electron chi connectivity index (χ3n) is 3.32. The molecule has 102 valence electrons. The van der Waals surface area contributed by atoms with Gasteiger partial charge in [-0.1, -0.05) is 68.4 Å². The first-order valence-corrected chi connectivity index (χ1v) is 7.50. The SMILES string of the molecule is CCCCCCCCNCc1cc(C)cc(C)c1. The highest BCUT2D eigenvalue weighted by Gasteiger charge is 1.96. The minimum absolute atomic E-state index is 1.01. The summed E-state index contributed by atoms with van der Waals surface area (Å²) in [4.78, 5) is 0. The van der Waals surface area contributed by atoms with Gasteiger partial charge in [-0.3, -0.25) is 0 Å². The summed E-state index contributed by atoms with van der Waals surface area (Å²) >= 11 is 0. The molecule has 18 heavy (non-hydrogen) atoms. The molecule has 0 saturated carbocycles. The third-order valence-corrected chi connectivity index (χ3v) is 3.32. The number of hydrogen-bond donors (Lipinski definition) is 1. The lowest BCUT2D eigenvalue weighted by Crippen LogP contribution is -2.14. The molecule has 0 spiro atoms. The van der Waals surface area contributed by atoms with E-state index in [1.54, 1.807) is 0 Å². The van der Waals surface area contributed by atoms with Crippen LogP contribution in [-0.2, 0) is 6.54 Å². The largest absolute Gasteiger partial charge is 0.313 e. The maximum absolute atomic E-state index is 3.55. The van der Waals surface area contributed by atoms with Gasteiger partial charge in [-0.05, 0) is 32.4 Å². The Hall–Kier alpha value is -0.820. The van der Waals surface area contributed by atoms with Crippen LogP contribution < -0.4 is 5.32 Å². The summed E-state index contributed by atoms with van der Waals surface area (Å²) in [5.74, 6) is 0. The van der Waals surface area contributed by atoms with Crippen molar-refractivity contribution in [2.75, 3.05) is 6.54 Å². The minimum atomic E-state index is 1.01. The van der Waals surface area contributed by atoms with Gasteiger partial charge in [0, 0.05) is 6.54 Å². The van der Waals surface area contributed by atoms with Gasteiger partial charge < -0.3 is 5.32 Å². The van der Waals surface area contributed by atoms with Crippen molar-refractivity contribution in [1.82, 2.24) is 5.32 Å². The van der Waals surface area contributed by atoms with Gasteiger partial charge in [-0.15, -0.1) is 0 Å². The van der Waals surface area contributed by atoms with E-state index in [4.69, 9.17) is 0 Å². The molecule has 0 aliphatic carbocycles. The summed E-state index contributed by atoms with van der Waals surface area (Å²) in [5, 5.41) is 3.55. The highest BCUT2D eigenvalue weighted by atomic mass is 14.8. The molecule has 0 amide bonds. The van der Waals surface area contributed by atoms with Crippen LogP contribution in [-0.4, -0.2) is 6.54 Å². The van der Waals surface area contributed by atoms with E-state index in [0.717, 1.165) is 13.1 Å². The Bertz CT molecular complexity index is 310. The van der Waals surface area contributed by atoms with Crippen molar-refractivity contribution in [3.05, 3.63) is 34.9 Å². The van der Waals surface area contributed by atoms with Crippen molar-refractivity contribution in [1.29, 1.82) is 0 Å². The van der Waals surface area contributed by atoms with Crippen molar-refractivity contribution in [3.8, 4) is 0 Å². The van der Waals surface area contributed by atoms with Crippen LogP contribution in [0, 0.1) is 13.8 Å². The second-order valence-corrected chi connectivity index (χ2v) is 5.44. The van der Waals surface area contributed by atoms with Gasteiger partial charge in [0.15, 0.2) is 0 Å². The van der Waals surface area contributed by atoms with Gasteiger partial charge in [0.1, 0.15) is 0 Å². The number of hydrogen-bond acceptors (Lipinski definition) is 1. The molecule has 1 rings (SSSR count). The van der Waals surface area contributed by atoms with Crippen molar-refractivity contribution in [3.63, 3.8) is 0 Å². The maximum Gasteiger partial charge on any atom is 0.0205 e. The molecule has 1 N–H and O–H groups in total. The summed E-state index contributed by atoms with van der Waals surface area (Å²) < 4.78 is 0. The molecule has 0 radical (unpaired) electrons. The first-order valence-electron chi connectivity index (χ1n) is 7.50. The monoisotopic (exact) mass is 247 g/mol. The topological polar surface area (TPSA) is 12.0 Å². The van der Waals surface area contributed by atoms with E-state index in [0.29, 0.717) is 0 Å². The number of rotatable bonds is 9. The fourth-order valence-electron chi connectivity index (χ4n) is 2.43. The summed E-state index contributed by atoms with van der Waals surface area (Å²) in [7, 11) is 0. The number of nitrogens with one attached hydrogen (secondary N) is 1. The quantitative estimate of drug-likeness (QED) is 0.621. The summed E-state index contributed by atoms with van der Waals surface area (Å²) in [6.45, 7) is 8.77. The van der Waals surface area contributed by atoms with Gasteiger partial charge in [0.05, 0.1) is 0 Å². The van der Waals surface area contributed by atoms with Gasteiger partial charge in [0.2, 0.25) is 0 Å². The summed E-state index contributed by atoms with van der Waals surface area (Å²) in [6, 6.07) is 6.79. The van der Waals surface area contributed by atoms with E-state index in [-0.39, 0.29) is 0 Å². The predicted molar refractivity (Wildman–Crippen MR) is 81.0 cm³/mol. The molecule has 0 aliphatic rings. The highest BCUT2D eigenvalue weighted by Crippen LogP contribution is 2.09. The molecule has 0 atom stereocenters. The van der Waals surface area contributed by atoms with Gasteiger partial charge in [-0.25, -0.2) is 0 Å². The first kappa shape index (κ1) is 15.2.